The maximum atomic E-state index is 9.10. The lowest BCUT2D eigenvalue weighted by Gasteiger charge is -2.22. The highest BCUT2D eigenvalue weighted by Crippen LogP contribution is 2.26. The maximum absolute atomic E-state index is 9.10. The van der Waals surface area contributed by atoms with Crippen molar-refractivity contribution in [2.75, 3.05) is 39.5 Å². The predicted molar refractivity (Wildman–Crippen MR) is 126 cm³/mol. The lowest BCUT2D eigenvalue weighted by atomic mass is 9.91. The Hall–Kier alpha value is -2.48. The summed E-state index contributed by atoms with van der Waals surface area (Å²) in [5.74, 6) is -3.12. The van der Waals surface area contributed by atoms with E-state index in [4.69, 9.17) is 29.3 Å². The lowest BCUT2D eigenvalue weighted by Crippen LogP contribution is -2.26. The summed E-state index contributed by atoms with van der Waals surface area (Å²) in [6.07, 6.45) is 7.73. The van der Waals surface area contributed by atoms with Gasteiger partial charge in [-0.2, -0.15) is 0 Å². The number of carboxylic acid groups (broad SMARTS) is 2. The number of benzene rings is 2. The van der Waals surface area contributed by atoms with Crippen molar-refractivity contribution in [2.45, 2.75) is 44.6 Å². The number of nitrogens with zero attached hydrogens (tertiary/aromatic N) is 1. The van der Waals surface area contributed by atoms with Crippen molar-refractivity contribution in [2.24, 2.45) is 5.92 Å². The molecule has 0 amide bonds. The molecular formula is C26H35NO6. The van der Waals surface area contributed by atoms with Crippen LogP contribution >= 0.6 is 0 Å². The van der Waals surface area contributed by atoms with Gasteiger partial charge < -0.3 is 24.6 Å². The number of hydrogen-bond donors (Lipinski definition) is 2. The average molecular weight is 458 g/mol. The van der Waals surface area contributed by atoms with E-state index in [1.807, 2.05) is 0 Å². The van der Waals surface area contributed by atoms with Crippen LogP contribution < -0.4 is 0 Å². The molecule has 0 spiro atoms. The zero-order valence-corrected chi connectivity index (χ0v) is 19.2. The Balaban J connectivity index is 0.000000454. The predicted octanol–water partition coefficient (Wildman–Crippen LogP) is 3.84. The molecule has 2 heterocycles. The largest absolute Gasteiger partial charge is 0.473 e. The highest BCUT2D eigenvalue weighted by atomic mass is 16.5. The molecule has 2 aromatic carbocycles. The summed E-state index contributed by atoms with van der Waals surface area (Å²) in [6, 6.07) is 15.4. The second-order valence-electron chi connectivity index (χ2n) is 8.81. The summed E-state index contributed by atoms with van der Waals surface area (Å²) in [4.78, 5) is 20.7. The Kier molecular flexibility index (Phi) is 10.1. The highest BCUT2D eigenvalue weighted by molar-refractivity contribution is 6.27. The molecule has 0 aromatic heterocycles. The molecule has 180 valence electrons. The third kappa shape index (κ3) is 8.42. The Labute approximate surface area is 195 Å². The van der Waals surface area contributed by atoms with Crippen molar-refractivity contribution in [3.63, 3.8) is 0 Å². The molecule has 4 rings (SSSR count). The first-order valence-corrected chi connectivity index (χ1v) is 11.9. The second kappa shape index (κ2) is 13.3. The molecule has 33 heavy (non-hydrogen) atoms. The minimum absolute atomic E-state index is 0.423. The summed E-state index contributed by atoms with van der Waals surface area (Å²) in [5.41, 5.74) is 1.44. The molecule has 0 saturated carbocycles. The summed E-state index contributed by atoms with van der Waals surface area (Å²) in [7, 11) is 0. The number of carbonyl (C=O) groups is 2. The fraction of sp³-hybridized carbons (Fsp3) is 0.538. The van der Waals surface area contributed by atoms with Crippen LogP contribution in [0.1, 0.15) is 37.7 Å². The van der Waals surface area contributed by atoms with E-state index < -0.39 is 11.9 Å². The highest BCUT2D eigenvalue weighted by Gasteiger charge is 2.22. The van der Waals surface area contributed by atoms with E-state index in [1.165, 1.54) is 55.1 Å². The number of carboxylic acids is 2. The molecular weight excluding hydrogens is 422 g/mol. The van der Waals surface area contributed by atoms with Gasteiger partial charge in [-0.1, -0.05) is 42.5 Å². The van der Waals surface area contributed by atoms with E-state index >= 15 is 0 Å². The minimum Gasteiger partial charge on any atom is -0.473 e. The van der Waals surface area contributed by atoms with E-state index in [-0.39, 0.29) is 0 Å². The molecule has 2 atom stereocenters. The smallest absolute Gasteiger partial charge is 0.414 e. The molecule has 2 aromatic rings. The number of hydrogen-bond acceptors (Lipinski definition) is 5. The summed E-state index contributed by atoms with van der Waals surface area (Å²) in [6.45, 7) is 6.22. The van der Waals surface area contributed by atoms with Gasteiger partial charge in [-0.05, 0) is 73.9 Å². The maximum Gasteiger partial charge on any atom is 0.414 e. The van der Waals surface area contributed by atoms with Crippen molar-refractivity contribution in [1.29, 1.82) is 0 Å². The van der Waals surface area contributed by atoms with Gasteiger partial charge in [0.1, 0.15) is 0 Å². The van der Waals surface area contributed by atoms with Crippen molar-refractivity contribution in [3.8, 4) is 0 Å². The summed E-state index contributed by atoms with van der Waals surface area (Å²) >= 11 is 0. The van der Waals surface area contributed by atoms with Gasteiger partial charge in [-0.15, -0.1) is 0 Å². The van der Waals surface area contributed by atoms with Gasteiger partial charge in [0, 0.05) is 19.8 Å². The molecule has 2 unspecified atom stereocenters. The van der Waals surface area contributed by atoms with E-state index in [9.17, 15) is 0 Å². The third-order valence-electron chi connectivity index (χ3n) is 6.30. The van der Waals surface area contributed by atoms with E-state index in [0.29, 0.717) is 12.0 Å². The SMILES string of the molecule is O=C(O)C(=O)O.c1ccc2c(CC(COCCN3CCCC3)CC3CCCO3)cccc2c1. The Morgan fingerprint density at radius 2 is 1.76 bits per heavy atom. The van der Waals surface area contributed by atoms with Crippen LogP contribution in [0.4, 0.5) is 0 Å². The van der Waals surface area contributed by atoms with Gasteiger partial charge >= 0.3 is 11.9 Å². The van der Waals surface area contributed by atoms with Crippen molar-refractivity contribution >= 4 is 22.7 Å². The molecule has 2 saturated heterocycles. The third-order valence-corrected chi connectivity index (χ3v) is 6.30. The number of aliphatic carboxylic acids is 2. The van der Waals surface area contributed by atoms with Crippen LogP contribution in [0.15, 0.2) is 42.5 Å². The first kappa shape index (κ1) is 25.1. The molecule has 0 radical (unpaired) electrons. The fourth-order valence-electron chi connectivity index (χ4n) is 4.64. The molecule has 7 heteroatoms. The molecule has 2 aliphatic heterocycles. The van der Waals surface area contributed by atoms with Crippen LogP contribution in [0.3, 0.4) is 0 Å². The molecule has 2 aliphatic rings. The van der Waals surface area contributed by atoms with Crippen molar-refractivity contribution < 1.29 is 29.3 Å². The van der Waals surface area contributed by atoms with E-state index in [1.54, 1.807) is 0 Å². The lowest BCUT2D eigenvalue weighted by molar-refractivity contribution is -0.159. The van der Waals surface area contributed by atoms with Crippen LogP contribution in [-0.4, -0.2) is 72.6 Å². The van der Waals surface area contributed by atoms with Gasteiger partial charge in [-0.3, -0.25) is 0 Å². The quantitative estimate of drug-likeness (QED) is 0.436. The van der Waals surface area contributed by atoms with Crippen LogP contribution in [0.2, 0.25) is 0 Å². The van der Waals surface area contributed by atoms with E-state index in [2.05, 4.69) is 47.4 Å². The second-order valence-corrected chi connectivity index (χ2v) is 8.81. The molecule has 0 aliphatic carbocycles. The van der Waals surface area contributed by atoms with Crippen LogP contribution in [0.5, 0.6) is 0 Å². The van der Waals surface area contributed by atoms with Gasteiger partial charge in [0.2, 0.25) is 0 Å². The summed E-state index contributed by atoms with van der Waals surface area (Å²) in [5, 5.41) is 17.5. The fourth-order valence-corrected chi connectivity index (χ4v) is 4.64. The zero-order valence-electron chi connectivity index (χ0n) is 19.2. The average Bonchev–Trinajstić information content (AvgIpc) is 3.52. The Morgan fingerprint density at radius 1 is 1.03 bits per heavy atom. The number of rotatable bonds is 9. The summed E-state index contributed by atoms with van der Waals surface area (Å²) < 4.78 is 12.1. The number of fused-ring (bicyclic) bond motifs is 1. The number of likely N-dealkylation sites (tertiary alicyclic amines) is 1. The van der Waals surface area contributed by atoms with Crippen LogP contribution in [0.25, 0.3) is 10.8 Å². The molecule has 7 nitrogen and oxygen atoms in total. The first-order chi connectivity index (χ1) is 16.0. The normalized spacial score (nSPS) is 19.2. The van der Waals surface area contributed by atoms with Crippen molar-refractivity contribution in [3.05, 3.63) is 48.0 Å². The van der Waals surface area contributed by atoms with Gasteiger partial charge in [0.25, 0.3) is 0 Å². The van der Waals surface area contributed by atoms with E-state index in [0.717, 1.165) is 39.2 Å². The van der Waals surface area contributed by atoms with Gasteiger partial charge in [0.05, 0.1) is 12.7 Å². The zero-order chi connectivity index (χ0) is 23.5. The van der Waals surface area contributed by atoms with Crippen LogP contribution in [0, 0.1) is 5.92 Å². The monoisotopic (exact) mass is 457 g/mol. The molecule has 2 N–H and O–H groups in total. The van der Waals surface area contributed by atoms with Gasteiger partial charge in [0.15, 0.2) is 0 Å². The topological polar surface area (TPSA) is 96.3 Å². The van der Waals surface area contributed by atoms with Gasteiger partial charge in [-0.25, -0.2) is 9.59 Å². The minimum atomic E-state index is -1.82. The Bertz CT molecular complexity index is 872. The number of ether oxygens (including phenoxy) is 2. The van der Waals surface area contributed by atoms with Crippen molar-refractivity contribution in [1.82, 2.24) is 4.90 Å². The molecule has 0 bridgehead atoms. The van der Waals surface area contributed by atoms with Crippen LogP contribution in [-0.2, 0) is 25.5 Å². The Morgan fingerprint density at radius 3 is 2.45 bits per heavy atom. The molecule has 2 fully saturated rings. The standard InChI is InChI=1S/C24H33NO2.C2H2O4/c1-2-11-24-21(7-1)8-5-9-22(24)17-20(18-23-10-6-15-27-23)19-26-16-14-25-12-3-4-13-25;3-1(4)2(5)6/h1-2,5,7-9,11,20,23H,3-4,6,10,12-19H2;(H,3,4)(H,5,6). The first-order valence-electron chi connectivity index (χ1n) is 11.9.